The fourth-order valence-corrected chi connectivity index (χ4v) is 7.50. The van der Waals surface area contributed by atoms with Crippen LogP contribution in [0.1, 0.15) is 20.7 Å². The number of imide groups is 1. The predicted molar refractivity (Wildman–Crippen MR) is 220 cm³/mol. The summed E-state index contributed by atoms with van der Waals surface area (Å²) in [5, 5.41) is 8.04. The van der Waals surface area contributed by atoms with Crippen molar-refractivity contribution < 1.29 is 9.59 Å². The summed E-state index contributed by atoms with van der Waals surface area (Å²) in [6, 6.07) is 58.5. The van der Waals surface area contributed by atoms with E-state index in [4.69, 9.17) is 9.97 Å². The molecule has 7 nitrogen and oxygen atoms in total. The number of hydrogen-bond acceptors (Lipinski definition) is 5. The first-order valence-electron chi connectivity index (χ1n) is 18.1. The van der Waals surface area contributed by atoms with Gasteiger partial charge in [-0.25, -0.2) is 9.97 Å². The first-order valence-corrected chi connectivity index (χ1v) is 18.1. The highest BCUT2D eigenvalue weighted by molar-refractivity contribution is 6.17. The van der Waals surface area contributed by atoms with Gasteiger partial charge < -0.3 is 9.88 Å². The number of aromatic nitrogens is 3. The number of carbonyl (C=O) groups excluding carboxylic acids is 2. The summed E-state index contributed by atoms with van der Waals surface area (Å²) >= 11 is 0. The fourth-order valence-electron chi connectivity index (χ4n) is 7.50. The summed E-state index contributed by atoms with van der Waals surface area (Å²) in [5.41, 5.74) is 11.7. The van der Waals surface area contributed by atoms with E-state index in [2.05, 4.69) is 112 Å². The topological polar surface area (TPSA) is 88.9 Å². The van der Waals surface area contributed by atoms with E-state index in [-0.39, 0.29) is 0 Å². The van der Waals surface area contributed by atoms with E-state index in [1.165, 1.54) is 0 Å². The van der Waals surface area contributed by atoms with Crippen molar-refractivity contribution in [2.75, 3.05) is 5.32 Å². The van der Waals surface area contributed by atoms with Crippen LogP contribution in [0, 0.1) is 0 Å². The van der Waals surface area contributed by atoms with E-state index in [1.807, 2.05) is 66.7 Å². The van der Waals surface area contributed by atoms with Crippen molar-refractivity contribution in [3.8, 4) is 50.7 Å². The number of fused-ring (bicyclic) bond motifs is 5. The maximum absolute atomic E-state index is 13.3. The molecule has 0 bridgehead atoms. The molecule has 55 heavy (non-hydrogen) atoms. The van der Waals surface area contributed by atoms with Crippen LogP contribution in [0.25, 0.3) is 72.5 Å². The van der Waals surface area contributed by atoms with Crippen molar-refractivity contribution in [2.45, 2.75) is 0 Å². The van der Waals surface area contributed by atoms with Gasteiger partial charge in [-0.2, -0.15) is 0 Å². The Hall–Kier alpha value is -7.64. The molecule has 0 fully saturated rings. The van der Waals surface area contributed by atoms with E-state index < -0.39 is 11.8 Å². The van der Waals surface area contributed by atoms with Crippen LogP contribution in [0.3, 0.4) is 0 Å². The Labute approximate surface area is 316 Å². The van der Waals surface area contributed by atoms with E-state index in [1.54, 1.807) is 12.1 Å². The molecule has 10 rings (SSSR count). The van der Waals surface area contributed by atoms with E-state index >= 15 is 0 Å². The maximum Gasteiger partial charge on any atom is 0.260 e. The minimum atomic E-state index is -0.449. The Morgan fingerprint density at radius 3 is 1.78 bits per heavy atom. The van der Waals surface area contributed by atoms with Crippen LogP contribution in [0.15, 0.2) is 176 Å². The second-order valence-electron chi connectivity index (χ2n) is 13.5. The van der Waals surface area contributed by atoms with Crippen LogP contribution in [0.5, 0.6) is 0 Å². The molecule has 1 aliphatic rings. The predicted octanol–water partition coefficient (Wildman–Crippen LogP) is 10.9. The lowest BCUT2D eigenvalue weighted by Crippen LogP contribution is -2.33. The van der Waals surface area contributed by atoms with Crippen LogP contribution in [-0.2, 0) is 0 Å². The van der Waals surface area contributed by atoms with Crippen molar-refractivity contribution in [3.63, 3.8) is 0 Å². The highest BCUT2D eigenvalue weighted by Gasteiger charge is 2.23. The standard InChI is InChI=1S/C48H31N5O2/c54-47-37-19-7-9-20-40(37)49-41-24-22-32(28-39(41)48(55)52-47)33-23-25-45-38(27-33)36-18-8-10-21-44(36)53(45)35-17-11-16-34(26-35)46-50-42(30-12-3-1-4-13-30)29-43(51-46)31-14-5-2-6-15-31/h1-29,49H,(H,52,54,55). The second kappa shape index (κ2) is 13.1. The molecule has 2 N–H and O–H groups in total. The molecule has 260 valence electrons. The Morgan fingerprint density at radius 1 is 0.400 bits per heavy atom. The normalized spacial score (nSPS) is 12.4. The Balaban J connectivity index is 1.08. The van der Waals surface area contributed by atoms with E-state index in [0.717, 1.165) is 66.7 Å². The van der Waals surface area contributed by atoms with Gasteiger partial charge in [-0.3, -0.25) is 14.9 Å². The van der Waals surface area contributed by atoms with Crippen LogP contribution < -0.4 is 10.6 Å². The summed E-state index contributed by atoms with van der Waals surface area (Å²) in [6.07, 6.45) is 0. The quantitative estimate of drug-likeness (QED) is 0.174. The van der Waals surface area contributed by atoms with Crippen LogP contribution >= 0.6 is 0 Å². The van der Waals surface area contributed by atoms with Gasteiger partial charge in [-0.05, 0) is 71.8 Å². The zero-order valence-electron chi connectivity index (χ0n) is 29.4. The number of nitrogens with one attached hydrogen (secondary N) is 2. The number of nitrogens with zero attached hydrogens (tertiary/aromatic N) is 3. The third kappa shape index (κ3) is 5.71. The van der Waals surface area contributed by atoms with Gasteiger partial charge in [0.2, 0.25) is 0 Å². The molecular formula is C48H31N5O2. The third-order valence-electron chi connectivity index (χ3n) is 10.2. The van der Waals surface area contributed by atoms with E-state index in [0.29, 0.717) is 28.3 Å². The highest BCUT2D eigenvalue weighted by Crippen LogP contribution is 2.37. The van der Waals surface area contributed by atoms with Crippen LogP contribution in [-0.4, -0.2) is 26.3 Å². The average Bonchev–Trinajstić information content (AvgIpc) is 3.58. The number of para-hydroxylation sites is 2. The summed E-state index contributed by atoms with van der Waals surface area (Å²) < 4.78 is 2.28. The molecule has 7 heteroatoms. The molecule has 0 unspecified atom stereocenters. The molecule has 2 aromatic heterocycles. The number of carbonyl (C=O) groups is 2. The van der Waals surface area contributed by atoms with Gasteiger partial charge >= 0.3 is 0 Å². The summed E-state index contributed by atoms with van der Waals surface area (Å²) in [4.78, 5) is 36.4. The molecule has 0 saturated heterocycles. The number of rotatable bonds is 5. The monoisotopic (exact) mass is 709 g/mol. The third-order valence-corrected chi connectivity index (χ3v) is 10.2. The zero-order chi connectivity index (χ0) is 36.9. The van der Waals surface area contributed by atoms with Gasteiger partial charge in [0, 0.05) is 33.2 Å². The highest BCUT2D eigenvalue weighted by atomic mass is 16.2. The molecule has 3 heterocycles. The number of amides is 2. The largest absolute Gasteiger partial charge is 0.354 e. The number of anilines is 2. The SMILES string of the molecule is O=C1NC(=O)c2cc(-c3ccc4c(c3)c3ccccc3n4-c3cccc(-c4nc(-c5ccccc5)cc(-c5ccccc5)n4)c3)ccc2Nc2ccccc21. The Bertz CT molecular complexity index is 2910. The fraction of sp³-hybridized carbons (Fsp3) is 0. The van der Waals surface area contributed by atoms with E-state index in [9.17, 15) is 9.59 Å². The van der Waals surface area contributed by atoms with Gasteiger partial charge in [0.15, 0.2) is 5.82 Å². The first kappa shape index (κ1) is 32.0. The Kier molecular flexibility index (Phi) is 7.63. The zero-order valence-corrected chi connectivity index (χ0v) is 29.4. The molecule has 7 aromatic carbocycles. The average molecular weight is 710 g/mol. The molecule has 0 radical (unpaired) electrons. The van der Waals surface area contributed by atoms with Crippen molar-refractivity contribution in [2.24, 2.45) is 0 Å². The lowest BCUT2D eigenvalue weighted by atomic mass is 9.98. The van der Waals surface area contributed by atoms with Crippen LogP contribution in [0.2, 0.25) is 0 Å². The van der Waals surface area contributed by atoms with Crippen molar-refractivity contribution in [1.82, 2.24) is 19.9 Å². The molecule has 0 saturated carbocycles. The molecule has 0 spiro atoms. The van der Waals surface area contributed by atoms with Crippen molar-refractivity contribution in [1.29, 1.82) is 0 Å². The maximum atomic E-state index is 13.3. The smallest absolute Gasteiger partial charge is 0.260 e. The van der Waals surface area contributed by atoms with Gasteiger partial charge in [-0.15, -0.1) is 0 Å². The molecular weight excluding hydrogens is 679 g/mol. The summed E-state index contributed by atoms with van der Waals surface area (Å²) in [5.74, 6) is -0.238. The second-order valence-corrected chi connectivity index (χ2v) is 13.5. The van der Waals surface area contributed by atoms with Gasteiger partial charge in [-0.1, -0.05) is 115 Å². The summed E-state index contributed by atoms with van der Waals surface area (Å²) in [6.45, 7) is 0. The van der Waals surface area contributed by atoms with Gasteiger partial charge in [0.1, 0.15) is 0 Å². The van der Waals surface area contributed by atoms with Gasteiger partial charge in [0.05, 0.1) is 44.9 Å². The first-order chi connectivity index (χ1) is 27.1. The van der Waals surface area contributed by atoms with Crippen LogP contribution in [0.4, 0.5) is 11.4 Å². The molecule has 0 aliphatic carbocycles. The molecule has 1 aliphatic heterocycles. The Morgan fingerprint density at radius 2 is 1.00 bits per heavy atom. The minimum Gasteiger partial charge on any atom is -0.354 e. The number of benzene rings is 7. The molecule has 2 amide bonds. The van der Waals surface area contributed by atoms with Crippen molar-refractivity contribution >= 4 is 45.0 Å². The lowest BCUT2D eigenvalue weighted by Gasteiger charge is -2.19. The summed E-state index contributed by atoms with van der Waals surface area (Å²) in [7, 11) is 0. The minimum absolute atomic E-state index is 0.397. The molecule has 9 aromatic rings. The lowest BCUT2D eigenvalue weighted by molar-refractivity contribution is 0.0849. The number of hydrogen-bond donors (Lipinski definition) is 2. The van der Waals surface area contributed by atoms with Gasteiger partial charge in [0.25, 0.3) is 11.8 Å². The molecule has 0 atom stereocenters. The van der Waals surface area contributed by atoms with Crippen molar-refractivity contribution in [3.05, 3.63) is 187 Å².